The molecule has 1 atom stereocenters. The van der Waals surface area contributed by atoms with E-state index < -0.39 is 0 Å². The monoisotopic (exact) mass is 296 g/mol. The Morgan fingerprint density at radius 1 is 1.53 bits per heavy atom. The van der Waals surface area contributed by atoms with Crippen molar-refractivity contribution >= 4 is 21.6 Å². The molecule has 0 spiro atoms. The van der Waals surface area contributed by atoms with Gasteiger partial charge >= 0.3 is 0 Å². The summed E-state index contributed by atoms with van der Waals surface area (Å²) in [6.45, 7) is 5.01. The summed E-state index contributed by atoms with van der Waals surface area (Å²) >= 11 is 3.49. The standard InChI is InChI=1S/C13H17BrN2O/c1-10-8-16(6-5-13(10)15-17)9-11-3-2-4-12(14)7-11/h2-4,7,10,17H,5-6,8-9H2,1H3/b15-13+. The highest BCUT2D eigenvalue weighted by Crippen LogP contribution is 2.18. The Hall–Kier alpha value is -0.870. The van der Waals surface area contributed by atoms with Crippen molar-refractivity contribution in [2.75, 3.05) is 13.1 Å². The number of piperidine rings is 1. The molecule has 3 nitrogen and oxygen atoms in total. The minimum absolute atomic E-state index is 0.348. The van der Waals surface area contributed by atoms with Gasteiger partial charge in [-0.3, -0.25) is 4.90 Å². The summed E-state index contributed by atoms with van der Waals surface area (Å²) in [7, 11) is 0. The largest absolute Gasteiger partial charge is 0.411 e. The quantitative estimate of drug-likeness (QED) is 0.672. The molecule has 1 N–H and O–H groups in total. The molecule has 1 saturated heterocycles. The van der Waals surface area contributed by atoms with Gasteiger partial charge in [-0.1, -0.05) is 40.1 Å². The van der Waals surface area contributed by atoms with Gasteiger partial charge in [0.2, 0.25) is 0 Å². The maximum atomic E-state index is 8.84. The Kier molecular flexibility index (Phi) is 4.18. The molecular formula is C13H17BrN2O. The molecule has 1 aromatic carbocycles. The zero-order valence-corrected chi connectivity index (χ0v) is 11.5. The van der Waals surface area contributed by atoms with Crippen LogP contribution in [0.15, 0.2) is 33.9 Å². The highest BCUT2D eigenvalue weighted by Gasteiger charge is 2.22. The predicted octanol–water partition coefficient (Wildman–Crippen LogP) is 3.12. The zero-order chi connectivity index (χ0) is 12.3. The van der Waals surface area contributed by atoms with Crippen LogP contribution >= 0.6 is 15.9 Å². The topological polar surface area (TPSA) is 35.8 Å². The maximum Gasteiger partial charge on any atom is 0.0624 e. The second kappa shape index (κ2) is 5.65. The molecule has 17 heavy (non-hydrogen) atoms. The minimum Gasteiger partial charge on any atom is -0.411 e. The zero-order valence-electron chi connectivity index (χ0n) is 9.93. The van der Waals surface area contributed by atoms with Crippen LogP contribution in [-0.4, -0.2) is 28.9 Å². The molecule has 0 aromatic heterocycles. The first-order chi connectivity index (χ1) is 8.19. The maximum absolute atomic E-state index is 8.84. The summed E-state index contributed by atoms with van der Waals surface area (Å²) in [5.74, 6) is 0.348. The molecule has 0 bridgehead atoms. The summed E-state index contributed by atoms with van der Waals surface area (Å²) < 4.78 is 1.12. The van der Waals surface area contributed by atoms with Gasteiger partial charge in [0.15, 0.2) is 0 Å². The molecule has 0 saturated carbocycles. The lowest BCUT2D eigenvalue weighted by molar-refractivity contribution is 0.228. The molecule has 0 radical (unpaired) electrons. The van der Waals surface area contributed by atoms with Crippen LogP contribution < -0.4 is 0 Å². The van der Waals surface area contributed by atoms with E-state index >= 15 is 0 Å². The van der Waals surface area contributed by atoms with Crippen LogP contribution in [0.5, 0.6) is 0 Å². The first kappa shape index (κ1) is 12.6. The molecular weight excluding hydrogens is 280 g/mol. The average molecular weight is 297 g/mol. The van der Waals surface area contributed by atoms with Crippen LogP contribution in [0.4, 0.5) is 0 Å². The SMILES string of the molecule is CC1CN(Cc2cccc(Br)c2)CC/C1=N\O. The van der Waals surface area contributed by atoms with Gasteiger partial charge in [0.1, 0.15) is 0 Å². The van der Waals surface area contributed by atoms with Crippen molar-refractivity contribution < 1.29 is 5.21 Å². The number of benzene rings is 1. The number of hydrogen-bond acceptors (Lipinski definition) is 3. The Bertz CT molecular complexity index is 420. The highest BCUT2D eigenvalue weighted by atomic mass is 79.9. The van der Waals surface area contributed by atoms with Crippen molar-refractivity contribution in [3.05, 3.63) is 34.3 Å². The first-order valence-electron chi connectivity index (χ1n) is 5.86. The van der Waals surface area contributed by atoms with E-state index in [4.69, 9.17) is 5.21 Å². The van der Waals surface area contributed by atoms with Gasteiger partial charge in [-0.15, -0.1) is 0 Å². The molecule has 1 aromatic rings. The second-order valence-electron chi connectivity index (χ2n) is 4.61. The summed E-state index contributed by atoms with van der Waals surface area (Å²) in [4.78, 5) is 2.40. The van der Waals surface area contributed by atoms with Crippen LogP contribution in [0, 0.1) is 5.92 Å². The minimum atomic E-state index is 0.348. The Morgan fingerprint density at radius 3 is 3.00 bits per heavy atom. The number of likely N-dealkylation sites (tertiary alicyclic amines) is 1. The van der Waals surface area contributed by atoms with Crippen LogP contribution in [0.3, 0.4) is 0 Å². The fourth-order valence-corrected chi connectivity index (χ4v) is 2.74. The smallest absolute Gasteiger partial charge is 0.0624 e. The number of rotatable bonds is 2. The number of nitrogens with zero attached hydrogens (tertiary/aromatic N) is 2. The van der Waals surface area contributed by atoms with Crippen molar-refractivity contribution in [1.29, 1.82) is 0 Å². The Morgan fingerprint density at radius 2 is 2.35 bits per heavy atom. The van der Waals surface area contributed by atoms with Crippen LogP contribution in [0.2, 0.25) is 0 Å². The molecule has 0 aliphatic carbocycles. The van der Waals surface area contributed by atoms with Crippen molar-refractivity contribution in [3.63, 3.8) is 0 Å². The van der Waals surface area contributed by atoms with Gasteiger partial charge in [0.25, 0.3) is 0 Å². The number of hydrogen-bond donors (Lipinski definition) is 1. The van der Waals surface area contributed by atoms with Crippen LogP contribution in [0.25, 0.3) is 0 Å². The first-order valence-corrected chi connectivity index (χ1v) is 6.66. The lowest BCUT2D eigenvalue weighted by Gasteiger charge is -2.31. The highest BCUT2D eigenvalue weighted by molar-refractivity contribution is 9.10. The van der Waals surface area contributed by atoms with Gasteiger partial charge in [0, 0.05) is 36.4 Å². The number of halogens is 1. The van der Waals surface area contributed by atoms with Gasteiger partial charge in [-0.25, -0.2) is 0 Å². The lowest BCUT2D eigenvalue weighted by Crippen LogP contribution is -2.39. The molecule has 1 aliphatic rings. The van der Waals surface area contributed by atoms with Gasteiger partial charge < -0.3 is 5.21 Å². The van der Waals surface area contributed by atoms with Crippen LogP contribution in [0.1, 0.15) is 18.9 Å². The third-order valence-electron chi connectivity index (χ3n) is 3.21. The summed E-state index contributed by atoms with van der Waals surface area (Å²) in [6, 6.07) is 8.40. The number of oxime groups is 1. The summed E-state index contributed by atoms with van der Waals surface area (Å²) in [5.41, 5.74) is 2.24. The Labute approximate surface area is 110 Å². The van der Waals surface area contributed by atoms with Crippen molar-refractivity contribution in [2.24, 2.45) is 11.1 Å². The van der Waals surface area contributed by atoms with E-state index in [1.54, 1.807) is 0 Å². The molecule has 4 heteroatoms. The molecule has 1 unspecified atom stereocenters. The Balaban J connectivity index is 1.97. The van der Waals surface area contributed by atoms with Gasteiger partial charge in [-0.05, 0) is 17.7 Å². The molecule has 1 fully saturated rings. The molecule has 0 amide bonds. The van der Waals surface area contributed by atoms with Crippen LogP contribution in [-0.2, 0) is 6.54 Å². The van der Waals surface area contributed by atoms with Gasteiger partial charge in [-0.2, -0.15) is 0 Å². The molecule has 2 rings (SSSR count). The molecule has 92 valence electrons. The average Bonchev–Trinajstić information content (AvgIpc) is 2.29. The molecule has 1 heterocycles. The van der Waals surface area contributed by atoms with E-state index in [0.717, 1.165) is 36.2 Å². The van der Waals surface area contributed by atoms with E-state index in [1.807, 2.05) is 6.07 Å². The van der Waals surface area contributed by atoms with E-state index in [9.17, 15) is 0 Å². The normalized spacial score (nSPS) is 24.1. The predicted molar refractivity (Wildman–Crippen MR) is 72.4 cm³/mol. The third kappa shape index (κ3) is 3.30. The van der Waals surface area contributed by atoms with Crippen molar-refractivity contribution in [1.82, 2.24) is 4.90 Å². The lowest BCUT2D eigenvalue weighted by atomic mass is 9.97. The van der Waals surface area contributed by atoms with E-state index in [-0.39, 0.29) is 0 Å². The fraction of sp³-hybridized carbons (Fsp3) is 0.462. The van der Waals surface area contributed by atoms with E-state index in [0.29, 0.717) is 5.92 Å². The van der Waals surface area contributed by atoms with E-state index in [2.05, 4.69) is 51.1 Å². The third-order valence-corrected chi connectivity index (χ3v) is 3.70. The fourth-order valence-electron chi connectivity index (χ4n) is 2.29. The summed E-state index contributed by atoms with van der Waals surface area (Å²) in [6.07, 6.45) is 0.867. The van der Waals surface area contributed by atoms with Crippen molar-refractivity contribution in [2.45, 2.75) is 19.9 Å². The van der Waals surface area contributed by atoms with E-state index in [1.165, 1.54) is 5.56 Å². The van der Waals surface area contributed by atoms with Crippen molar-refractivity contribution in [3.8, 4) is 0 Å². The molecule has 1 aliphatic heterocycles. The van der Waals surface area contributed by atoms with Gasteiger partial charge in [0.05, 0.1) is 5.71 Å². The second-order valence-corrected chi connectivity index (χ2v) is 5.52. The summed E-state index contributed by atoms with van der Waals surface area (Å²) in [5, 5.41) is 12.2.